The quantitative estimate of drug-likeness (QED) is 0.206. The summed E-state index contributed by atoms with van der Waals surface area (Å²) in [6.07, 6.45) is 9.33. The van der Waals surface area contributed by atoms with Crippen molar-refractivity contribution in [2.45, 2.75) is 130 Å². The molecule has 230 valence electrons. The van der Waals surface area contributed by atoms with Crippen LogP contribution in [0.15, 0.2) is 35.5 Å². The van der Waals surface area contributed by atoms with Crippen LogP contribution in [0.4, 0.5) is 8.78 Å². The molecule has 3 aliphatic carbocycles. The van der Waals surface area contributed by atoms with Gasteiger partial charge < -0.3 is 14.2 Å². The second-order valence-corrected chi connectivity index (χ2v) is 13.1. The first-order chi connectivity index (χ1) is 19.0. The van der Waals surface area contributed by atoms with E-state index < -0.39 is 29.6 Å². The highest BCUT2D eigenvalue weighted by Gasteiger charge is 2.53. The van der Waals surface area contributed by atoms with Gasteiger partial charge >= 0.3 is 17.9 Å². The fourth-order valence-corrected chi connectivity index (χ4v) is 7.63. The van der Waals surface area contributed by atoms with Gasteiger partial charge in [-0.05, 0) is 86.7 Å². The second-order valence-electron chi connectivity index (χ2n) is 13.1. The van der Waals surface area contributed by atoms with Crippen molar-refractivity contribution < 1.29 is 37.4 Å². The molecule has 0 heterocycles. The number of halogens is 2. The van der Waals surface area contributed by atoms with E-state index in [-0.39, 0.29) is 29.8 Å². The highest BCUT2D eigenvalue weighted by molar-refractivity contribution is 5.67. The van der Waals surface area contributed by atoms with Crippen molar-refractivity contribution in [1.29, 1.82) is 0 Å². The van der Waals surface area contributed by atoms with Crippen LogP contribution in [0.25, 0.3) is 0 Å². The minimum absolute atomic E-state index is 0.0207. The van der Waals surface area contributed by atoms with Crippen LogP contribution in [0.2, 0.25) is 0 Å². The maximum absolute atomic E-state index is 15.0. The Morgan fingerprint density at radius 1 is 1.07 bits per heavy atom. The highest BCUT2D eigenvalue weighted by Crippen LogP contribution is 2.60. The molecule has 3 fully saturated rings. The lowest BCUT2D eigenvalue weighted by Gasteiger charge is -2.45. The van der Waals surface area contributed by atoms with Crippen LogP contribution in [-0.2, 0) is 28.6 Å². The van der Waals surface area contributed by atoms with Gasteiger partial charge in [0.25, 0.3) is 5.92 Å². The molecule has 0 amide bonds. The van der Waals surface area contributed by atoms with Crippen LogP contribution in [-0.4, -0.2) is 41.6 Å². The molecule has 3 rings (SSSR count). The van der Waals surface area contributed by atoms with Crippen LogP contribution in [0, 0.1) is 23.2 Å². The summed E-state index contributed by atoms with van der Waals surface area (Å²) in [5.41, 5.74) is 1.17. The number of carbonyl (C=O) groups is 3. The first kappa shape index (κ1) is 33.0. The number of hydrogen-bond donors (Lipinski definition) is 0. The van der Waals surface area contributed by atoms with Crippen LogP contribution in [0.5, 0.6) is 0 Å². The van der Waals surface area contributed by atoms with E-state index in [2.05, 4.69) is 26.5 Å². The molecule has 0 aromatic heterocycles. The van der Waals surface area contributed by atoms with E-state index in [0.29, 0.717) is 31.1 Å². The molecule has 0 aliphatic heterocycles. The summed E-state index contributed by atoms with van der Waals surface area (Å²) in [6, 6.07) is 0. The summed E-state index contributed by atoms with van der Waals surface area (Å²) < 4.78 is 46.0. The zero-order valence-electron chi connectivity index (χ0n) is 25.8. The lowest BCUT2D eigenvalue weighted by atomic mass is 9.60. The van der Waals surface area contributed by atoms with E-state index in [1.54, 1.807) is 0 Å². The maximum Gasteiger partial charge on any atom is 0.303 e. The average Bonchev–Trinajstić information content (AvgIpc) is 3.19. The van der Waals surface area contributed by atoms with Gasteiger partial charge in [-0.15, -0.1) is 0 Å². The molecule has 0 radical (unpaired) electrons. The van der Waals surface area contributed by atoms with Gasteiger partial charge in [0.05, 0.1) is 0 Å². The van der Waals surface area contributed by atoms with Crippen molar-refractivity contribution in [2.75, 3.05) is 0 Å². The number of carbonyl (C=O) groups excluding carboxylic acids is 3. The molecule has 8 heteroatoms. The smallest absolute Gasteiger partial charge is 0.303 e. The van der Waals surface area contributed by atoms with Crippen LogP contribution >= 0.6 is 0 Å². The Morgan fingerprint density at radius 2 is 1.73 bits per heavy atom. The average molecular weight is 579 g/mol. The Kier molecular flexibility index (Phi) is 10.3. The third-order valence-electron chi connectivity index (χ3n) is 9.78. The molecular formula is C33H48F2O6. The van der Waals surface area contributed by atoms with Crippen molar-refractivity contribution in [3.8, 4) is 0 Å². The molecule has 6 nitrogen and oxygen atoms in total. The third kappa shape index (κ3) is 7.66. The van der Waals surface area contributed by atoms with Gasteiger partial charge in [-0.2, -0.15) is 0 Å². The van der Waals surface area contributed by atoms with E-state index >= 15 is 8.78 Å². The van der Waals surface area contributed by atoms with E-state index in [1.165, 1.54) is 33.3 Å². The fourth-order valence-electron chi connectivity index (χ4n) is 7.63. The SMILES string of the molecule is C=C1/C(=C\C=C2/CCC[C@]3(C)[C@@H]([C@H](C)CCC(F)(F)C(C)(C)OC(C)=O)CC[C@@H]23)C[C@@H](OC(C)=O)C[C@@H]1OC(C)=O. The molecule has 0 aromatic carbocycles. The van der Waals surface area contributed by atoms with E-state index in [0.717, 1.165) is 50.2 Å². The van der Waals surface area contributed by atoms with Gasteiger partial charge in [0.1, 0.15) is 12.2 Å². The summed E-state index contributed by atoms with van der Waals surface area (Å²) in [7, 11) is 0. The van der Waals surface area contributed by atoms with Gasteiger partial charge in [-0.3, -0.25) is 14.4 Å². The molecular weight excluding hydrogens is 530 g/mol. The Balaban J connectivity index is 1.76. The normalized spacial score (nSPS) is 31.5. The molecule has 0 bridgehead atoms. The largest absolute Gasteiger partial charge is 0.462 e. The number of fused-ring (bicyclic) bond motifs is 1. The fraction of sp³-hybridized carbons (Fsp3) is 0.727. The molecule has 0 saturated heterocycles. The summed E-state index contributed by atoms with van der Waals surface area (Å²) in [6.45, 7) is 15.0. The number of rotatable bonds is 9. The van der Waals surface area contributed by atoms with Gasteiger partial charge in [0.15, 0.2) is 5.60 Å². The number of allylic oxidation sites excluding steroid dienone is 3. The van der Waals surface area contributed by atoms with E-state index in [1.807, 2.05) is 6.08 Å². The molecule has 0 aromatic rings. The summed E-state index contributed by atoms with van der Waals surface area (Å²) in [5, 5.41) is 0. The van der Waals surface area contributed by atoms with E-state index in [9.17, 15) is 14.4 Å². The van der Waals surface area contributed by atoms with Crippen molar-refractivity contribution in [3.05, 3.63) is 35.5 Å². The maximum atomic E-state index is 15.0. The topological polar surface area (TPSA) is 78.9 Å². The number of alkyl halides is 2. The predicted octanol–water partition coefficient (Wildman–Crippen LogP) is 7.66. The lowest BCUT2D eigenvalue weighted by Crippen LogP contribution is -2.46. The first-order valence-electron chi connectivity index (χ1n) is 15.0. The van der Waals surface area contributed by atoms with Crippen molar-refractivity contribution in [2.24, 2.45) is 23.2 Å². The number of ether oxygens (including phenoxy) is 3. The molecule has 0 unspecified atom stereocenters. The zero-order valence-corrected chi connectivity index (χ0v) is 25.8. The van der Waals surface area contributed by atoms with Crippen LogP contribution in [0.3, 0.4) is 0 Å². The molecule has 0 N–H and O–H groups in total. The number of hydrogen-bond acceptors (Lipinski definition) is 6. The van der Waals surface area contributed by atoms with Crippen molar-refractivity contribution in [3.63, 3.8) is 0 Å². The minimum Gasteiger partial charge on any atom is -0.462 e. The molecule has 3 aliphatic rings. The van der Waals surface area contributed by atoms with Gasteiger partial charge in [-0.1, -0.05) is 38.2 Å². The predicted molar refractivity (Wildman–Crippen MR) is 153 cm³/mol. The van der Waals surface area contributed by atoms with Crippen molar-refractivity contribution >= 4 is 17.9 Å². The Morgan fingerprint density at radius 3 is 2.34 bits per heavy atom. The highest BCUT2D eigenvalue weighted by atomic mass is 19.3. The molecule has 41 heavy (non-hydrogen) atoms. The number of esters is 3. The van der Waals surface area contributed by atoms with Crippen LogP contribution < -0.4 is 0 Å². The molecule has 0 spiro atoms. The second kappa shape index (κ2) is 12.8. The Hall–Kier alpha value is -2.51. The Labute approximate surface area is 243 Å². The molecule has 3 saturated carbocycles. The first-order valence-corrected chi connectivity index (χ1v) is 15.0. The van der Waals surface area contributed by atoms with Gasteiger partial charge in [0.2, 0.25) is 0 Å². The Bertz CT molecular complexity index is 1090. The van der Waals surface area contributed by atoms with Crippen molar-refractivity contribution in [1.82, 2.24) is 0 Å². The zero-order chi connectivity index (χ0) is 30.8. The van der Waals surface area contributed by atoms with Gasteiger partial charge in [0, 0.05) is 40.0 Å². The summed E-state index contributed by atoms with van der Waals surface area (Å²) in [4.78, 5) is 34.7. The summed E-state index contributed by atoms with van der Waals surface area (Å²) in [5.74, 6) is -3.80. The standard InChI is InChI=1S/C33H48F2O6/c1-20(15-17-33(34,35)31(6,7)41-24(5)38)28-13-14-29-25(10-9-16-32(28,29)8)11-12-26-18-27(39-22(3)36)19-30(21(26)2)40-23(4)37/h11-12,20,27-30H,2,9-10,13-19H2,1,3-8H3/b25-11+,26-12-/t20-,27-,28-,29+,30+,32-/m1/s1. The third-order valence-corrected chi connectivity index (χ3v) is 9.78. The monoisotopic (exact) mass is 578 g/mol. The van der Waals surface area contributed by atoms with E-state index in [4.69, 9.17) is 14.2 Å². The lowest BCUT2D eigenvalue weighted by molar-refractivity contribution is -0.202. The summed E-state index contributed by atoms with van der Waals surface area (Å²) >= 11 is 0. The van der Waals surface area contributed by atoms with Gasteiger partial charge in [-0.25, -0.2) is 8.78 Å². The molecule has 6 atom stereocenters. The van der Waals surface area contributed by atoms with Crippen LogP contribution in [0.1, 0.15) is 106 Å². The minimum atomic E-state index is -3.12.